The molecule has 3 aromatic rings. The SMILES string of the molecule is Cc1ccc2oc(=O)n(C3CCN(CCCCN4C(=O)c5c(ccc6c5OCCO6)S4(=O)=O)CC3)c2c1. The molecule has 1 fully saturated rings. The molecule has 4 heterocycles. The Balaban J connectivity index is 1.04. The fourth-order valence-electron chi connectivity index (χ4n) is 5.57. The predicted molar refractivity (Wildman–Crippen MR) is 135 cm³/mol. The van der Waals surface area contributed by atoms with E-state index in [0.717, 1.165) is 54.3 Å². The lowest BCUT2D eigenvalue weighted by molar-refractivity contribution is 0.0857. The van der Waals surface area contributed by atoms with Crippen molar-refractivity contribution in [2.24, 2.45) is 0 Å². The average Bonchev–Trinajstić information content (AvgIpc) is 3.31. The number of benzene rings is 2. The van der Waals surface area contributed by atoms with Crippen molar-refractivity contribution in [3.63, 3.8) is 0 Å². The van der Waals surface area contributed by atoms with Crippen LogP contribution >= 0.6 is 0 Å². The van der Waals surface area contributed by atoms with Gasteiger partial charge in [0.25, 0.3) is 15.9 Å². The van der Waals surface area contributed by atoms with Crippen molar-refractivity contribution in [1.29, 1.82) is 0 Å². The number of fused-ring (bicyclic) bond motifs is 4. The van der Waals surface area contributed by atoms with Crippen LogP contribution < -0.4 is 15.2 Å². The zero-order valence-corrected chi connectivity index (χ0v) is 21.5. The number of nitrogens with zero attached hydrogens (tertiary/aromatic N) is 3. The summed E-state index contributed by atoms with van der Waals surface area (Å²) in [7, 11) is -3.90. The molecule has 0 spiro atoms. The highest BCUT2D eigenvalue weighted by Gasteiger charge is 2.44. The maximum absolute atomic E-state index is 13.0. The van der Waals surface area contributed by atoms with E-state index in [1.807, 2.05) is 25.1 Å². The smallest absolute Gasteiger partial charge is 0.420 e. The van der Waals surface area contributed by atoms with Crippen molar-refractivity contribution in [3.8, 4) is 11.5 Å². The fraction of sp³-hybridized carbons (Fsp3) is 0.462. The van der Waals surface area contributed by atoms with Gasteiger partial charge in [0, 0.05) is 25.7 Å². The number of aryl methyl sites for hydroxylation is 1. The van der Waals surface area contributed by atoms with E-state index in [0.29, 0.717) is 24.4 Å². The molecule has 3 aliphatic heterocycles. The second kappa shape index (κ2) is 9.21. The monoisotopic (exact) mass is 527 g/mol. The molecule has 0 atom stereocenters. The lowest BCUT2D eigenvalue weighted by atomic mass is 10.0. The van der Waals surface area contributed by atoms with Crippen LogP contribution in [0.25, 0.3) is 11.1 Å². The topological polar surface area (TPSA) is 111 Å². The second-order valence-corrected chi connectivity index (χ2v) is 11.7. The average molecular weight is 528 g/mol. The van der Waals surface area contributed by atoms with E-state index in [1.54, 1.807) is 10.6 Å². The Labute approximate surface area is 214 Å². The summed E-state index contributed by atoms with van der Waals surface area (Å²) in [4.78, 5) is 27.8. The number of rotatable bonds is 6. The van der Waals surface area contributed by atoms with Crippen molar-refractivity contribution < 1.29 is 27.1 Å². The Morgan fingerprint density at radius 1 is 0.973 bits per heavy atom. The highest BCUT2D eigenvalue weighted by Crippen LogP contribution is 2.43. The lowest BCUT2D eigenvalue weighted by Gasteiger charge is -2.32. The summed E-state index contributed by atoms with van der Waals surface area (Å²) in [5.74, 6) is -0.233. The van der Waals surface area contributed by atoms with Gasteiger partial charge >= 0.3 is 5.76 Å². The molecule has 10 nitrogen and oxygen atoms in total. The molecule has 196 valence electrons. The number of carbonyl (C=O) groups excluding carboxylic acids is 1. The van der Waals surface area contributed by atoms with Crippen LogP contribution in [0.5, 0.6) is 11.5 Å². The molecule has 0 unspecified atom stereocenters. The predicted octanol–water partition coefficient (Wildman–Crippen LogP) is 2.94. The van der Waals surface area contributed by atoms with E-state index < -0.39 is 15.9 Å². The lowest BCUT2D eigenvalue weighted by Crippen LogP contribution is -2.37. The van der Waals surface area contributed by atoms with Gasteiger partial charge in [-0.15, -0.1) is 0 Å². The van der Waals surface area contributed by atoms with Crippen LogP contribution in [-0.2, 0) is 10.0 Å². The number of sulfonamides is 1. The third-order valence-corrected chi connectivity index (χ3v) is 9.28. The molecule has 11 heteroatoms. The summed E-state index contributed by atoms with van der Waals surface area (Å²) in [5.41, 5.74) is 2.63. The van der Waals surface area contributed by atoms with Gasteiger partial charge in [0.2, 0.25) is 0 Å². The first-order valence-corrected chi connectivity index (χ1v) is 14.1. The molecule has 0 radical (unpaired) electrons. The van der Waals surface area contributed by atoms with Crippen molar-refractivity contribution in [3.05, 3.63) is 52.0 Å². The highest BCUT2D eigenvalue weighted by molar-refractivity contribution is 7.90. The number of hydrogen-bond acceptors (Lipinski definition) is 8. The van der Waals surface area contributed by atoms with Gasteiger partial charge in [0.1, 0.15) is 23.7 Å². The summed E-state index contributed by atoms with van der Waals surface area (Å²) >= 11 is 0. The number of piperidine rings is 1. The van der Waals surface area contributed by atoms with Crippen LogP contribution in [0.4, 0.5) is 0 Å². The number of aromatic nitrogens is 1. The number of oxazole rings is 1. The van der Waals surface area contributed by atoms with Crippen molar-refractivity contribution in [2.45, 2.75) is 43.5 Å². The molecule has 0 aliphatic carbocycles. The fourth-order valence-corrected chi connectivity index (χ4v) is 7.17. The normalized spacial score (nSPS) is 19.5. The van der Waals surface area contributed by atoms with E-state index in [2.05, 4.69) is 4.90 Å². The van der Waals surface area contributed by atoms with E-state index >= 15 is 0 Å². The van der Waals surface area contributed by atoms with Gasteiger partial charge in [-0.05, 0) is 69.0 Å². The molecule has 0 bridgehead atoms. The molecule has 37 heavy (non-hydrogen) atoms. The van der Waals surface area contributed by atoms with Gasteiger partial charge in [0.15, 0.2) is 17.1 Å². The summed E-state index contributed by atoms with van der Waals surface area (Å²) in [5, 5.41) is 0. The van der Waals surface area contributed by atoms with E-state index in [-0.39, 0.29) is 41.2 Å². The number of amides is 1. The largest absolute Gasteiger partial charge is 0.486 e. The highest BCUT2D eigenvalue weighted by atomic mass is 32.2. The zero-order valence-electron chi connectivity index (χ0n) is 20.6. The first-order chi connectivity index (χ1) is 17.8. The number of ether oxygens (including phenoxy) is 2. The van der Waals surface area contributed by atoms with E-state index in [9.17, 15) is 18.0 Å². The van der Waals surface area contributed by atoms with Gasteiger partial charge in [-0.3, -0.25) is 9.36 Å². The standard InChI is InChI=1S/C26H29N3O7S/c1-17-4-5-20-19(16-17)29(26(31)36-20)18-8-12-27(13-9-18)10-2-3-11-28-25(30)23-22(37(28,32)33)7-6-21-24(23)35-15-14-34-21/h4-7,16,18H,2-3,8-15H2,1H3. The van der Waals surface area contributed by atoms with Gasteiger partial charge < -0.3 is 18.8 Å². The van der Waals surface area contributed by atoms with Crippen molar-refractivity contribution in [2.75, 3.05) is 39.4 Å². The zero-order chi connectivity index (χ0) is 25.7. The number of hydrogen-bond donors (Lipinski definition) is 0. The summed E-state index contributed by atoms with van der Waals surface area (Å²) < 4.78 is 45.3. The Kier molecular flexibility index (Phi) is 5.99. The van der Waals surface area contributed by atoms with Crippen LogP contribution in [0.1, 0.15) is 47.6 Å². The van der Waals surface area contributed by atoms with Crippen molar-refractivity contribution in [1.82, 2.24) is 13.8 Å². The van der Waals surface area contributed by atoms with E-state index in [1.165, 1.54) is 6.07 Å². The molecule has 6 rings (SSSR count). The molecular weight excluding hydrogens is 498 g/mol. The third kappa shape index (κ3) is 4.10. The van der Waals surface area contributed by atoms with Crippen LogP contribution in [0, 0.1) is 6.92 Å². The molecular formula is C26H29N3O7S. The second-order valence-electron chi connectivity index (χ2n) is 9.83. The maximum Gasteiger partial charge on any atom is 0.420 e. The van der Waals surface area contributed by atoms with Gasteiger partial charge in [-0.2, -0.15) is 0 Å². The molecule has 1 amide bonds. The number of unbranched alkanes of at least 4 members (excludes halogenated alkanes) is 1. The summed E-state index contributed by atoms with van der Waals surface area (Å²) in [6.07, 6.45) is 2.99. The Hall–Kier alpha value is -3.31. The number of carbonyl (C=O) groups is 1. The third-order valence-electron chi connectivity index (χ3n) is 7.45. The minimum Gasteiger partial charge on any atom is -0.486 e. The number of likely N-dealkylation sites (tertiary alicyclic amines) is 1. The summed E-state index contributed by atoms with van der Waals surface area (Å²) in [6, 6.07) is 8.84. The Morgan fingerprint density at radius 2 is 1.73 bits per heavy atom. The van der Waals surface area contributed by atoms with Crippen LogP contribution in [-0.4, -0.2) is 67.5 Å². The molecule has 2 aromatic carbocycles. The van der Waals surface area contributed by atoms with Crippen molar-refractivity contribution >= 4 is 27.0 Å². The molecule has 0 N–H and O–H groups in total. The van der Waals surface area contributed by atoms with Gasteiger partial charge in [-0.25, -0.2) is 17.5 Å². The quantitative estimate of drug-likeness (QED) is 0.450. The molecule has 1 aromatic heterocycles. The van der Waals surface area contributed by atoms with Crippen LogP contribution in [0.3, 0.4) is 0 Å². The minimum atomic E-state index is -3.90. The summed E-state index contributed by atoms with van der Waals surface area (Å²) in [6.45, 7) is 5.24. The first-order valence-electron chi connectivity index (χ1n) is 12.7. The van der Waals surface area contributed by atoms with Gasteiger partial charge in [-0.1, -0.05) is 6.07 Å². The Morgan fingerprint density at radius 3 is 2.54 bits per heavy atom. The van der Waals surface area contributed by atoms with Gasteiger partial charge in [0.05, 0.1) is 5.52 Å². The Bertz CT molecular complexity index is 1530. The maximum atomic E-state index is 13.0. The minimum absolute atomic E-state index is 0.0129. The molecule has 3 aliphatic rings. The van der Waals surface area contributed by atoms with Crippen LogP contribution in [0.2, 0.25) is 0 Å². The first kappa shape index (κ1) is 24.1. The molecule has 1 saturated heterocycles. The molecule has 0 saturated carbocycles. The van der Waals surface area contributed by atoms with Crippen LogP contribution in [0.15, 0.2) is 44.4 Å². The van der Waals surface area contributed by atoms with E-state index in [4.69, 9.17) is 13.9 Å².